The summed E-state index contributed by atoms with van der Waals surface area (Å²) in [5.41, 5.74) is -1.06. The second-order valence-corrected chi connectivity index (χ2v) is 4.38. The average Bonchev–Trinajstić information content (AvgIpc) is 2.12. The Kier molecular flexibility index (Phi) is 2.29. The standard InChI is InChI=1S/C8H15N3O3/c1-7(2)6(5-10(12)13)9-8(3,4)11(7)14/h5,9,14H,1-4H3/b6-5-. The zero-order valence-electron chi connectivity index (χ0n) is 8.74. The molecule has 0 aromatic rings. The minimum Gasteiger partial charge on any atom is -0.363 e. The Hall–Kier alpha value is -1.14. The van der Waals surface area contributed by atoms with E-state index in [2.05, 4.69) is 5.32 Å². The van der Waals surface area contributed by atoms with Crippen LogP contribution in [0.4, 0.5) is 0 Å². The molecule has 2 N–H and O–H groups in total. The molecule has 0 aliphatic carbocycles. The molecule has 0 saturated carbocycles. The first-order chi connectivity index (χ1) is 6.18. The molecule has 1 heterocycles. The van der Waals surface area contributed by atoms with Gasteiger partial charge in [-0.2, -0.15) is 5.06 Å². The predicted octanol–water partition coefficient (Wildman–Crippen LogP) is 0.914. The highest BCUT2D eigenvalue weighted by molar-refractivity contribution is 5.21. The van der Waals surface area contributed by atoms with Crippen molar-refractivity contribution in [1.82, 2.24) is 10.4 Å². The van der Waals surface area contributed by atoms with Crippen LogP contribution in [-0.2, 0) is 0 Å². The first-order valence-electron chi connectivity index (χ1n) is 4.31. The monoisotopic (exact) mass is 201 g/mol. The van der Waals surface area contributed by atoms with E-state index in [4.69, 9.17) is 0 Å². The third-order valence-electron chi connectivity index (χ3n) is 2.39. The molecule has 0 unspecified atom stereocenters. The van der Waals surface area contributed by atoms with Crippen LogP contribution in [0.1, 0.15) is 27.7 Å². The van der Waals surface area contributed by atoms with Gasteiger partial charge < -0.3 is 10.5 Å². The number of hydrogen-bond acceptors (Lipinski definition) is 5. The summed E-state index contributed by atoms with van der Waals surface area (Å²) in [6.07, 6.45) is 0.887. The zero-order chi connectivity index (χ0) is 11.1. The van der Waals surface area contributed by atoms with Crippen molar-refractivity contribution in [3.05, 3.63) is 22.0 Å². The molecule has 0 aromatic carbocycles. The maximum absolute atomic E-state index is 10.3. The highest BCUT2D eigenvalue weighted by atomic mass is 16.6. The lowest BCUT2D eigenvalue weighted by molar-refractivity contribution is -0.404. The normalized spacial score (nSPS) is 27.6. The Labute approximate surface area is 82.3 Å². The summed E-state index contributed by atoms with van der Waals surface area (Å²) in [5, 5.41) is 24.1. The SMILES string of the molecule is CC1(C)N/C(=C\[N+](=O)[O-])C(C)(C)N1O. The first kappa shape index (κ1) is 10.9. The van der Waals surface area contributed by atoms with Gasteiger partial charge in [0.15, 0.2) is 0 Å². The van der Waals surface area contributed by atoms with Crippen LogP contribution in [0.15, 0.2) is 11.9 Å². The Balaban J connectivity index is 3.09. The van der Waals surface area contributed by atoms with Gasteiger partial charge in [0.25, 0.3) is 6.20 Å². The molecule has 14 heavy (non-hydrogen) atoms. The van der Waals surface area contributed by atoms with E-state index in [9.17, 15) is 15.3 Å². The van der Waals surface area contributed by atoms with Crippen LogP contribution in [0, 0.1) is 10.1 Å². The van der Waals surface area contributed by atoms with Gasteiger partial charge in [-0.25, -0.2) is 0 Å². The van der Waals surface area contributed by atoms with E-state index in [0.29, 0.717) is 5.70 Å². The molecule has 0 radical (unpaired) electrons. The molecule has 6 nitrogen and oxygen atoms in total. The molecule has 80 valence electrons. The minimum absolute atomic E-state index is 0.398. The second kappa shape index (κ2) is 2.93. The maximum Gasteiger partial charge on any atom is 0.255 e. The van der Waals surface area contributed by atoms with E-state index in [-0.39, 0.29) is 0 Å². The number of nitrogens with one attached hydrogen (secondary N) is 1. The Morgan fingerprint density at radius 2 is 2.00 bits per heavy atom. The summed E-state index contributed by atoms with van der Waals surface area (Å²) in [4.78, 5) is 9.82. The average molecular weight is 201 g/mol. The molecule has 1 saturated heterocycles. The maximum atomic E-state index is 10.3. The fourth-order valence-electron chi connectivity index (χ4n) is 1.64. The molecule has 0 atom stereocenters. The van der Waals surface area contributed by atoms with Crippen molar-refractivity contribution >= 4 is 0 Å². The predicted molar refractivity (Wildman–Crippen MR) is 50.0 cm³/mol. The van der Waals surface area contributed by atoms with E-state index in [1.54, 1.807) is 27.7 Å². The first-order valence-corrected chi connectivity index (χ1v) is 4.31. The van der Waals surface area contributed by atoms with Crippen LogP contribution in [0.25, 0.3) is 0 Å². The summed E-state index contributed by atoms with van der Waals surface area (Å²) in [6.45, 7) is 6.92. The van der Waals surface area contributed by atoms with E-state index in [0.717, 1.165) is 11.3 Å². The second-order valence-electron chi connectivity index (χ2n) is 4.38. The molecule has 1 aliphatic rings. The Bertz CT molecular complexity index is 296. The van der Waals surface area contributed by atoms with Gasteiger partial charge in [-0.1, -0.05) is 0 Å². The van der Waals surface area contributed by atoms with E-state index < -0.39 is 16.1 Å². The molecule has 0 aromatic heterocycles. The van der Waals surface area contributed by atoms with Gasteiger partial charge >= 0.3 is 0 Å². The lowest BCUT2D eigenvalue weighted by Gasteiger charge is -2.31. The van der Waals surface area contributed by atoms with Crippen molar-refractivity contribution in [2.75, 3.05) is 0 Å². The summed E-state index contributed by atoms with van der Waals surface area (Å²) < 4.78 is 0. The largest absolute Gasteiger partial charge is 0.363 e. The van der Waals surface area contributed by atoms with Crippen LogP contribution < -0.4 is 5.32 Å². The van der Waals surface area contributed by atoms with Crippen molar-refractivity contribution < 1.29 is 10.1 Å². The van der Waals surface area contributed by atoms with Crippen LogP contribution in [0.2, 0.25) is 0 Å². The third kappa shape index (κ3) is 1.58. The van der Waals surface area contributed by atoms with Gasteiger partial charge in [0.2, 0.25) is 0 Å². The van der Waals surface area contributed by atoms with Crippen molar-refractivity contribution in [3.63, 3.8) is 0 Å². The molecule has 1 rings (SSSR count). The molecular weight excluding hydrogens is 186 g/mol. The summed E-state index contributed by atoms with van der Waals surface area (Å²) >= 11 is 0. The number of nitro groups is 1. The van der Waals surface area contributed by atoms with Crippen LogP contribution in [-0.4, -0.2) is 26.4 Å². The van der Waals surface area contributed by atoms with Crippen LogP contribution >= 0.6 is 0 Å². The summed E-state index contributed by atoms with van der Waals surface area (Å²) in [5.74, 6) is 0. The van der Waals surface area contributed by atoms with Crippen molar-refractivity contribution in [1.29, 1.82) is 0 Å². The van der Waals surface area contributed by atoms with Gasteiger partial charge in [-0.05, 0) is 27.7 Å². The lowest BCUT2D eigenvalue weighted by atomic mass is 10.0. The van der Waals surface area contributed by atoms with Crippen molar-refractivity contribution in [2.45, 2.75) is 38.9 Å². The quantitative estimate of drug-likeness (QED) is 0.487. The zero-order valence-corrected chi connectivity index (χ0v) is 8.74. The molecule has 6 heteroatoms. The molecule has 0 amide bonds. The number of hydroxylamine groups is 2. The molecule has 0 bridgehead atoms. The highest BCUT2D eigenvalue weighted by Gasteiger charge is 2.49. The van der Waals surface area contributed by atoms with E-state index >= 15 is 0 Å². The molecular formula is C8H15N3O3. The van der Waals surface area contributed by atoms with Gasteiger partial charge in [-0.3, -0.25) is 10.1 Å². The van der Waals surface area contributed by atoms with Gasteiger partial charge in [0, 0.05) is 0 Å². The summed E-state index contributed by atoms with van der Waals surface area (Å²) in [7, 11) is 0. The van der Waals surface area contributed by atoms with Crippen molar-refractivity contribution in [2.24, 2.45) is 0 Å². The summed E-state index contributed by atoms with van der Waals surface area (Å²) in [6, 6.07) is 0. The number of nitrogens with zero attached hydrogens (tertiary/aromatic N) is 2. The van der Waals surface area contributed by atoms with Gasteiger partial charge in [-0.15, -0.1) is 0 Å². The van der Waals surface area contributed by atoms with Crippen LogP contribution in [0.3, 0.4) is 0 Å². The van der Waals surface area contributed by atoms with Crippen molar-refractivity contribution in [3.8, 4) is 0 Å². The molecule has 0 spiro atoms. The Morgan fingerprint density at radius 3 is 2.29 bits per heavy atom. The topological polar surface area (TPSA) is 78.6 Å². The molecule has 1 fully saturated rings. The fraction of sp³-hybridized carbons (Fsp3) is 0.750. The Morgan fingerprint density at radius 1 is 1.50 bits per heavy atom. The van der Waals surface area contributed by atoms with E-state index in [1.165, 1.54) is 0 Å². The fourth-order valence-corrected chi connectivity index (χ4v) is 1.64. The van der Waals surface area contributed by atoms with E-state index in [1.807, 2.05) is 0 Å². The van der Waals surface area contributed by atoms with Crippen LogP contribution in [0.5, 0.6) is 0 Å². The minimum atomic E-state index is -0.767. The lowest BCUT2D eigenvalue weighted by Crippen LogP contribution is -2.48. The van der Waals surface area contributed by atoms with Gasteiger partial charge in [0.05, 0.1) is 10.5 Å². The highest BCUT2D eigenvalue weighted by Crippen LogP contribution is 2.34. The van der Waals surface area contributed by atoms with Gasteiger partial charge in [0.1, 0.15) is 11.4 Å². The number of rotatable bonds is 1. The molecule has 1 aliphatic heterocycles. The number of hydrogen-bond donors (Lipinski definition) is 2. The smallest absolute Gasteiger partial charge is 0.255 e. The third-order valence-corrected chi connectivity index (χ3v) is 2.39.